The predicted molar refractivity (Wildman–Crippen MR) is 455 cm³/mol. The van der Waals surface area contributed by atoms with Gasteiger partial charge in [-0.2, -0.15) is 0 Å². The van der Waals surface area contributed by atoms with Crippen LogP contribution in [0.1, 0.15) is 624 Å². The van der Waals surface area contributed by atoms with Crippen molar-refractivity contribution in [3.05, 3.63) is 0 Å². The van der Waals surface area contributed by atoms with Gasteiger partial charge in [-0.25, -0.2) is 0 Å². The Morgan fingerprint density at radius 1 is 0.0816 bits per heavy atom. The molecule has 0 rings (SSSR count). The van der Waals surface area contributed by atoms with Gasteiger partial charge in [0.05, 0.1) is 0 Å². The summed E-state index contributed by atoms with van der Waals surface area (Å²) in [7, 11) is 0. The highest BCUT2D eigenvalue weighted by molar-refractivity contribution is 4.64. The third kappa shape index (κ3) is 92.1. The van der Waals surface area contributed by atoms with E-state index < -0.39 is 0 Å². The monoisotopic (exact) mass is 1380 g/mol. The molecule has 0 saturated carbocycles. The zero-order chi connectivity index (χ0) is 70.0. The predicted octanol–water partition coefficient (Wildman–Crippen LogP) is 38.3. The fourth-order valence-corrected chi connectivity index (χ4v) is 17.0. The normalized spacial score (nSPS) is 11.9. The minimum Gasteiger partial charge on any atom is -0.0654 e. The molecule has 0 saturated heterocycles. The summed E-state index contributed by atoms with van der Waals surface area (Å²) >= 11 is 0. The van der Waals surface area contributed by atoms with Crippen molar-refractivity contribution in [2.45, 2.75) is 624 Å². The first kappa shape index (κ1) is 98.0. The lowest BCUT2D eigenvalue weighted by atomic mass is 9.89. The Labute approximate surface area is 626 Å². The minimum absolute atomic E-state index is 1.03. The maximum atomic E-state index is 2.38. The number of rotatable bonds is 94. The van der Waals surface area contributed by atoms with E-state index in [1.807, 2.05) is 0 Å². The summed E-state index contributed by atoms with van der Waals surface area (Å²) in [6.45, 7) is 7.02. The van der Waals surface area contributed by atoms with Gasteiger partial charge in [0.25, 0.3) is 0 Å². The maximum absolute atomic E-state index is 2.38. The summed E-state index contributed by atoms with van der Waals surface area (Å²) in [4.78, 5) is 0. The number of hydrogen-bond acceptors (Lipinski definition) is 0. The molecule has 0 nitrogen and oxygen atoms in total. The van der Waals surface area contributed by atoms with Crippen molar-refractivity contribution in [3.8, 4) is 0 Å². The molecular weight excluding hydrogens is 1180 g/mol. The minimum atomic E-state index is 1.03. The SMILES string of the molecule is CCCCCCCCCCCCCCCCCCCCCCCCCCCCCCCCCCCCCCCCCCCCCCC(CCCCC)CCCCCCCCCCCCCCCCCCCCCCCCCCCCCCCCCCCCCCCCCCCCCC. The van der Waals surface area contributed by atoms with Gasteiger partial charge in [0, 0.05) is 0 Å². The Kier molecular flexibility index (Phi) is 95.0. The molecule has 0 bridgehead atoms. The van der Waals surface area contributed by atoms with Crippen LogP contribution >= 0.6 is 0 Å². The van der Waals surface area contributed by atoms with Crippen LogP contribution < -0.4 is 0 Å². The van der Waals surface area contributed by atoms with Crippen LogP contribution in [-0.4, -0.2) is 0 Å². The average molecular weight is 1380 g/mol. The zero-order valence-electron chi connectivity index (χ0n) is 70.0. The fraction of sp³-hybridized carbons (Fsp3) is 1.00. The van der Waals surface area contributed by atoms with E-state index in [0.717, 1.165) is 5.92 Å². The van der Waals surface area contributed by atoms with E-state index in [0.29, 0.717) is 0 Å². The molecule has 0 amide bonds. The van der Waals surface area contributed by atoms with E-state index in [-0.39, 0.29) is 0 Å². The Bertz CT molecular complexity index is 1190. The number of unbranched alkanes of at least 4 members (excludes halogenated alkanes) is 88. The molecule has 0 aromatic carbocycles. The molecular formula is C98H198. The van der Waals surface area contributed by atoms with Crippen LogP contribution in [0.5, 0.6) is 0 Å². The van der Waals surface area contributed by atoms with Crippen molar-refractivity contribution in [3.63, 3.8) is 0 Å². The van der Waals surface area contributed by atoms with Gasteiger partial charge in [-0.05, 0) is 5.92 Å². The van der Waals surface area contributed by atoms with E-state index in [1.165, 1.54) is 604 Å². The van der Waals surface area contributed by atoms with Gasteiger partial charge in [0.2, 0.25) is 0 Å². The highest BCUT2D eigenvalue weighted by Gasteiger charge is 2.10. The highest BCUT2D eigenvalue weighted by Crippen LogP contribution is 2.27. The largest absolute Gasteiger partial charge is 0.0654 e. The molecule has 0 unspecified atom stereocenters. The second kappa shape index (κ2) is 95.0. The second-order valence-corrected chi connectivity index (χ2v) is 34.3. The van der Waals surface area contributed by atoms with Gasteiger partial charge in [-0.1, -0.05) is 624 Å². The second-order valence-electron chi connectivity index (χ2n) is 34.3. The first-order valence-electron chi connectivity index (χ1n) is 48.8. The van der Waals surface area contributed by atoms with Gasteiger partial charge in [-0.15, -0.1) is 0 Å². The Morgan fingerprint density at radius 2 is 0.143 bits per heavy atom. The van der Waals surface area contributed by atoms with Crippen LogP contribution in [0.25, 0.3) is 0 Å². The van der Waals surface area contributed by atoms with Crippen LogP contribution in [0.3, 0.4) is 0 Å². The van der Waals surface area contributed by atoms with Crippen LogP contribution in [0, 0.1) is 5.92 Å². The molecule has 0 aliphatic heterocycles. The van der Waals surface area contributed by atoms with Gasteiger partial charge in [-0.3, -0.25) is 0 Å². The third-order valence-electron chi connectivity index (χ3n) is 24.1. The average Bonchev–Trinajstić information content (AvgIpc) is 3.79. The molecule has 0 aliphatic rings. The van der Waals surface area contributed by atoms with E-state index in [1.54, 1.807) is 0 Å². The lowest BCUT2D eigenvalue weighted by Gasteiger charge is -2.17. The molecule has 0 radical (unpaired) electrons. The van der Waals surface area contributed by atoms with Gasteiger partial charge >= 0.3 is 0 Å². The summed E-state index contributed by atoms with van der Waals surface area (Å²) in [5, 5.41) is 0. The first-order chi connectivity index (χ1) is 48.8. The summed E-state index contributed by atoms with van der Waals surface area (Å²) < 4.78 is 0. The Hall–Kier alpha value is 0. The van der Waals surface area contributed by atoms with E-state index in [9.17, 15) is 0 Å². The van der Waals surface area contributed by atoms with Crippen LogP contribution in [-0.2, 0) is 0 Å². The molecule has 98 heavy (non-hydrogen) atoms. The third-order valence-corrected chi connectivity index (χ3v) is 24.1. The summed E-state index contributed by atoms with van der Waals surface area (Å²) in [6.07, 6.45) is 140. The number of hydrogen-bond donors (Lipinski definition) is 0. The highest BCUT2D eigenvalue weighted by atomic mass is 14.2. The van der Waals surface area contributed by atoms with Crippen molar-refractivity contribution < 1.29 is 0 Å². The molecule has 0 heterocycles. The lowest BCUT2D eigenvalue weighted by Crippen LogP contribution is -2.01. The summed E-state index contributed by atoms with van der Waals surface area (Å²) in [5.41, 5.74) is 0. The topological polar surface area (TPSA) is 0 Å². The maximum Gasteiger partial charge on any atom is -0.0414 e. The molecule has 0 fully saturated rings. The summed E-state index contributed by atoms with van der Waals surface area (Å²) in [5.74, 6) is 1.03. The smallest absolute Gasteiger partial charge is 0.0414 e. The quantitative estimate of drug-likeness (QED) is 0.0533. The molecule has 590 valence electrons. The standard InChI is InChI=1S/C98H198/c1-4-7-10-12-14-16-18-20-22-24-26-28-30-32-34-36-38-40-42-44-46-48-50-52-54-56-58-60-62-64-66-68-70-72-74-76-78-80-82-84-86-88-90-93-96-98(95-92-9-6-3)97-94-91-89-87-85-83-81-79-77-75-73-71-69-67-65-63-61-59-57-55-53-51-49-47-45-43-41-39-37-35-33-31-29-27-25-23-21-19-17-15-13-11-8-5-2/h98H,4-97H2,1-3H3. The van der Waals surface area contributed by atoms with Crippen LogP contribution in [0.15, 0.2) is 0 Å². The molecule has 0 aromatic heterocycles. The van der Waals surface area contributed by atoms with Crippen LogP contribution in [0.4, 0.5) is 0 Å². The lowest BCUT2D eigenvalue weighted by molar-refractivity contribution is 0.367. The van der Waals surface area contributed by atoms with Gasteiger partial charge < -0.3 is 0 Å². The molecule has 0 atom stereocenters. The Morgan fingerprint density at radius 3 is 0.235 bits per heavy atom. The zero-order valence-corrected chi connectivity index (χ0v) is 70.0. The molecule has 0 spiro atoms. The van der Waals surface area contributed by atoms with Crippen molar-refractivity contribution >= 4 is 0 Å². The summed E-state index contributed by atoms with van der Waals surface area (Å²) in [6, 6.07) is 0. The van der Waals surface area contributed by atoms with Crippen LogP contribution in [0.2, 0.25) is 0 Å². The Balaban J connectivity index is 3.33. The molecule has 0 aromatic rings. The first-order valence-corrected chi connectivity index (χ1v) is 48.8. The molecule has 0 aliphatic carbocycles. The molecule has 0 N–H and O–H groups in total. The van der Waals surface area contributed by atoms with E-state index >= 15 is 0 Å². The van der Waals surface area contributed by atoms with Gasteiger partial charge in [0.15, 0.2) is 0 Å². The van der Waals surface area contributed by atoms with Crippen molar-refractivity contribution in [1.29, 1.82) is 0 Å². The van der Waals surface area contributed by atoms with E-state index in [2.05, 4.69) is 20.8 Å². The van der Waals surface area contributed by atoms with Crippen molar-refractivity contribution in [2.75, 3.05) is 0 Å². The van der Waals surface area contributed by atoms with Crippen molar-refractivity contribution in [2.24, 2.45) is 5.92 Å². The van der Waals surface area contributed by atoms with E-state index in [4.69, 9.17) is 0 Å². The fourth-order valence-electron chi connectivity index (χ4n) is 17.0. The van der Waals surface area contributed by atoms with Gasteiger partial charge in [0.1, 0.15) is 0 Å². The molecule has 0 heteroatoms. The van der Waals surface area contributed by atoms with Crippen molar-refractivity contribution in [1.82, 2.24) is 0 Å².